The Bertz CT molecular complexity index is 504. The summed E-state index contributed by atoms with van der Waals surface area (Å²) in [6, 6.07) is 7.45. The third kappa shape index (κ3) is 6.28. The predicted molar refractivity (Wildman–Crippen MR) is 92.1 cm³/mol. The van der Waals surface area contributed by atoms with Gasteiger partial charge in [0.15, 0.2) is 0 Å². The Morgan fingerprint density at radius 2 is 1.92 bits per heavy atom. The number of carbonyl (C=O) groups is 1. The van der Waals surface area contributed by atoms with Gasteiger partial charge in [0.2, 0.25) is 0 Å². The summed E-state index contributed by atoms with van der Waals surface area (Å²) in [6.07, 6.45) is -0.810. The number of piperazine rings is 1. The van der Waals surface area contributed by atoms with Crippen LogP contribution in [0.3, 0.4) is 0 Å². The highest BCUT2D eigenvalue weighted by atomic mass is 35.5. The lowest BCUT2D eigenvalue weighted by Gasteiger charge is -2.34. The number of aliphatic hydroxyl groups excluding tert-OH is 1. The average Bonchev–Trinajstić information content (AvgIpc) is 2.57. The van der Waals surface area contributed by atoms with Crippen LogP contribution in [0.4, 0.5) is 4.79 Å². The second-order valence-electron chi connectivity index (χ2n) is 5.78. The molecular formula is C17H25ClN2O4. The van der Waals surface area contributed by atoms with Gasteiger partial charge in [0.1, 0.15) is 0 Å². The van der Waals surface area contributed by atoms with Gasteiger partial charge in [-0.3, -0.25) is 4.90 Å². The number of β-amino-alcohol motifs (C(OH)–C–C–N with tert-alkyl or cyclic N) is 1. The van der Waals surface area contributed by atoms with Crippen LogP contribution in [0.15, 0.2) is 24.3 Å². The molecule has 1 aliphatic heterocycles. The first-order chi connectivity index (χ1) is 11.6. The third-order valence-corrected chi connectivity index (χ3v) is 4.11. The van der Waals surface area contributed by atoms with Crippen molar-refractivity contribution >= 4 is 17.7 Å². The first-order valence-electron chi connectivity index (χ1n) is 8.22. The zero-order chi connectivity index (χ0) is 17.4. The maximum Gasteiger partial charge on any atom is 0.409 e. The van der Waals surface area contributed by atoms with Gasteiger partial charge in [-0.05, 0) is 24.6 Å². The molecule has 0 bridgehead atoms. The van der Waals surface area contributed by atoms with Crippen LogP contribution >= 0.6 is 11.6 Å². The maximum absolute atomic E-state index is 11.6. The Hall–Kier alpha value is -1.34. The fourth-order valence-electron chi connectivity index (χ4n) is 2.57. The number of carbonyl (C=O) groups excluding carboxylic acids is 1. The Morgan fingerprint density at radius 1 is 1.25 bits per heavy atom. The molecule has 2 rings (SSSR count). The topological polar surface area (TPSA) is 62.2 Å². The minimum atomic E-state index is -0.550. The van der Waals surface area contributed by atoms with Crippen LogP contribution in [-0.2, 0) is 16.1 Å². The standard InChI is InChI=1S/C17H25ClN2O4/c1-2-24-17(22)20-9-7-19(8-10-20)11-16(21)13-23-12-14-3-5-15(18)6-4-14/h3-6,16,21H,2,7-13H2,1H3/t16-/m0/s1. The molecular weight excluding hydrogens is 332 g/mol. The quantitative estimate of drug-likeness (QED) is 0.809. The number of ether oxygens (including phenoxy) is 2. The van der Waals surface area contributed by atoms with Crippen molar-refractivity contribution in [2.75, 3.05) is 45.9 Å². The molecule has 0 aliphatic carbocycles. The lowest BCUT2D eigenvalue weighted by Crippen LogP contribution is -2.50. The molecule has 0 spiro atoms. The molecule has 6 nitrogen and oxygen atoms in total. The van der Waals surface area contributed by atoms with Gasteiger partial charge in [-0.25, -0.2) is 4.79 Å². The predicted octanol–water partition coefficient (Wildman–Crippen LogP) is 1.99. The van der Waals surface area contributed by atoms with E-state index < -0.39 is 6.10 Å². The summed E-state index contributed by atoms with van der Waals surface area (Å²) in [5.74, 6) is 0. The summed E-state index contributed by atoms with van der Waals surface area (Å²) in [5.41, 5.74) is 1.02. The largest absolute Gasteiger partial charge is 0.450 e. The smallest absolute Gasteiger partial charge is 0.409 e. The molecule has 1 aromatic rings. The van der Waals surface area contributed by atoms with Gasteiger partial charge >= 0.3 is 6.09 Å². The number of benzene rings is 1. The minimum Gasteiger partial charge on any atom is -0.450 e. The van der Waals surface area contributed by atoms with E-state index in [0.29, 0.717) is 37.9 Å². The van der Waals surface area contributed by atoms with Crippen LogP contribution in [0.25, 0.3) is 0 Å². The van der Waals surface area contributed by atoms with E-state index in [0.717, 1.165) is 18.7 Å². The first-order valence-corrected chi connectivity index (χ1v) is 8.60. The van der Waals surface area contributed by atoms with Crippen molar-refractivity contribution in [1.82, 2.24) is 9.80 Å². The average molecular weight is 357 g/mol. The van der Waals surface area contributed by atoms with Gasteiger partial charge in [0.25, 0.3) is 0 Å². The van der Waals surface area contributed by atoms with Crippen molar-refractivity contribution in [2.24, 2.45) is 0 Å². The number of hydrogen-bond acceptors (Lipinski definition) is 5. The minimum absolute atomic E-state index is 0.260. The molecule has 0 aromatic heterocycles. The lowest BCUT2D eigenvalue weighted by molar-refractivity contribution is 0.00120. The Kier molecular flexibility index (Phi) is 7.78. The summed E-state index contributed by atoms with van der Waals surface area (Å²) in [5, 5.41) is 10.8. The van der Waals surface area contributed by atoms with Gasteiger partial charge in [0, 0.05) is 37.7 Å². The molecule has 134 valence electrons. The van der Waals surface area contributed by atoms with E-state index in [1.807, 2.05) is 24.3 Å². The highest BCUT2D eigenvalue weighted by Gasteiger charge is 2.23. The molecule has 7 heteroatoms. The number of nitrogens with zero attached hydrogens (tertiary/aromatic N) is 2. The normalized spacial score (nSPS) is 16.9. The van der Waals surface area contributed by atoms with Gasteiger partial charge in [-0.1, -0.05) is 23.7 Å². The molecule has 1 heterocycles. The van der Waals surface area contributed by atoms with E-state index in [2.05, 4.69) is 4.90 Å². The van der Waals surface area contributed by atoms with Crippen molar-refractivity contribution < 1.29 is 19.4 Å². The van der Waals surface area contributed by atoms with Crippen LogP contribution in [0.1, 0.15) is 12.5 Å². The molecule has 1 atom stereocenters. The molecule has 1 fully saturated rings. The van der Waals surface area contributed by atoms with Crippen molar-refractivity contribution in [1.29, 1.82) is 0 Å². The van der Waals surface area contributed by atoms with Crippen molar-refractivity contribution in [3.05, 3.63) is 34.9 Å². The van der Waals surface area contributed by atoms with Gasteiger partial charge < -0.3 is 19.5 Å². The fraction of sp³-hybridized carbons (Fsp3) is 0.588. The molecule has 1 aromatic carbocycles. The molecule has 1 N–H and O–H groups in total. The number of halogens is 1. The van der Waals surface area contributed by atoms with Crippen LogP contribution in [0, 0.1) is 0 Å². The first kappa shape index (κ1) is 19.0. The van der Waals surface area contributed by atoms with E-state index in [1.54, 1.807) is 11.8 Å². The molecule has 1 saturated heterocycles. The third-order valence-electron chi connectivity index (χ3n) is 3.86. The molecule has 0 unspecified atom stereocenters. The van der Waals surface area contributed by atoms with Crippen molar-refractivity contribution in [2.45, 2.75) is 19.6 Å². The zero-order valence-corrected chi connectivity index (χ0v) is 14.7. The van der Waals surface area contributed by atoms with Gasteiger partial charge in [-0.15, -0.1) is 0 Å². The van der Waals surface area contributed by atoms with E-state index >= 15 is 0 Å². The molecule has 1 aliphatic rings. The highest BCUT2D eigenvalue weighted by Crippen LogP contribution is 2.10. The number of aliphatic hydroxyl groups is 1. The summed E-state index contributed by atoms with van der Waals surface area (Å²) < 4.78 is 10.5. The monoisotopic (exact) mass is 356 g/mol. The van der Waals surface area contributed by atoms with E-state index in [1.165, 1.54) is 0 Å². The Labute approximate surface area is 147 Å². The van der Waals surface area contributed by atoms with Crippen LogP contribution < -0.4 is 0 Å². The molecule has 0 radical (unpaired) electrons. The summed E-state index contributed by atoms with van der Waals surface area (Å²) in [6.45, 7) is 6.16. The van der Waals surface area contributed by atoms with Gasteiger partial charge in [0.05, 0.1) is 25.9 Å². The second-order valence-corrected chi connectivity index (χ2v) is 6.22. The van der Waals surface area contributed by atoms with Crippen molar-refractivity contribution in [3.8, 4) is 0 Å². The molecule has 0 saturated carbocycles. The number of rotatable bonds is 7. The Morgan fingerprint density at radius 3 is 2.54 bits per heavy atom. The van der Waals surface area contributed by atoms with Gasteiger partial charge in [-0.2, -0.15) is 0 Å². The number of amides is 1. The van der Waals surface area contributed by atoms with Crippen LogP contribution in [0.2, 0.25) is 5.02 Å². The van der Waals surface area contributed by atoms with E-state index in [4.69, 9.17) is 21.1 Å². The van der Waals surface area contributed by atoms with E-state index in [-0.39, 0.29) is 12.7 Å². The maximum atomic E-state index is 11.6. The second kappa shape index (κ2) is 9.84. The number of hydrogen-bond donors (Lipinski definition) is 1. The Balaban J connectivity index is 1.62. The fourth-order valence-corrected chi connectivity index (χ4v) is 2.70. The van der Waals surface area contributed by atoms with E-state index in [9.17, 15) is 9.90 Å². The molecule has 24 heavy (non-hydrogen) atoms. The molecule has 1 amide bonds. The summed E-state index contributed by atoms with van der Waals surface area (Å²) >= 11 is 5.83. The van der Waals surface area contributed by atoms with Crippen LogP contribution in [0.5, 0.6) is 0 Å². The summed E-state index contributed by atoms with van der Waals surface area (Å²) in [4.78, 5) is 15.5. The SMILES string of the molecule is CCOC(=O)N1CCN(C[C@H](O)COCc2ccc(Cl)cc2)CC1. The van der Waals surface area contributed by atoms with Crippen LogP contribution in [-0.4, -0.2) is 73.0 Å². The lowest BCUT2D eigenvalue weighted by atomic mass is 10.2. The highest BCUT2D eigenvalue weighted by molar-refractivity contribution is 6.30. The zero-order valence-electron chi connectivity index (χ0n) is 14.0. The van der Waals surface area contributed by atoms with Crippen molar-refractivity contribution in [3.63, 3.8) is 0 Å². The summed E-state index contributed by atoms with van der Waals surface area (Å²) in [7, 11) is 0.